The van der Waals surface area contributed by atoms with Crippen molar-refractivity contribution in [3.05, 3.63) is 28.3 Å². The summed E-state index contributed by atoms with van der Waals surface area (Å²) < 4.78 is 32.9. The Labute approximate surface area is 160 Å². The topological polar surface area (TPSA) is 102 Å². The zero-order valence-corrected chi connectivity index (χ0v) is 16.4. The Kier molecular flexibility index (Phi) is 6.33. The molecule has 0 unspecified atom stereocenters. The Morgan fingerprint density at radius 1 is 1.22 bits per heavy atom. The number of hydrogen-bond donors (Lipinski definition) is 1. The first-order valence-electron chi connectivity index (χ1n) is 9.56. The number of nitrogens with zero attached hydrogens (tertiary/aromatic N) is 2. The molecule has 27 heavy (non-hydrogen) atoms. The van der Waals surface area contributed by atoms with Gasteiger partial charge in [-0.15, -0.1) is 0 Å². The van der Waals surface area contributed by atoms with E-state index in [1.165, 1.54) is 22.5 Å². The Morgan fingerprint density at radius 2 is 1.93 bits per heavy atom. The third-order valence-electron chi connectivity index (χ3n) is 5.27. The van der Waals surface area contributed by atoms with Crippen LogP contribution in [0.25, 0.3) is 0 Å². The molecule has 2 saturated heterocycles. The van der Waals surface area contributed by atoms with Crippen LogP contribution in [0.2, 0.25) is 0 Å². The fourth-order valence-electron chi connectivity index (χ4n) is 3.71. The summed E-state index contributed by atoms with van der Waals surface area (Å²) in [5, 5.41) is 14.7. The molecule has 150 valence electrons. The molecule has 3 rings (SSSR count). The quantitative estimate of drug-likeness (QED) is 0.584. The van der Waals surface area contributed by atoms with Crippen LogP contribution in [-0.4, -0.2) is 49.5 Å². The van der Waals surface area contributed by atoms with E-state index in [1.807, 2.05) is 6.92 Å². The van der Waals surface area contributed by atoms with Crippen LogP contribution >= 0.6 is 0 Å². The van der Waals surface area contributed by atoms with Crippen LogP contribution in [0, 0.1) is 10.1 Å². The normalized spacial score (nSPS) is 22.9. The Balaban J connectivity index is 1.85. The number of ether oxygens (including phenoxy) is 1. The van der Waals surface area contributed by atoms with E-state index in [2.05, 4.69) is 5.32 Å². The highest BCUT2D eigenvalue weighted by Crippen LogP contribution is 2.31. The van der Waals surface area contributed by atoms with Crippen LogP contribution in [-0.2, 0) is 14.8 Å². The van der Waals surface area contributed by atoms with Gasteiger partial charge in [0.25, 0.3) is 5.69 Å². The minimum Gasteiger partial charge on any atom is -0.376 e. The van der Waals surface area contributed by atoms with Crippen LogP contribution in [0.3, 0.4) is 0 Å². The molecule has 0 aromatic heterocycles. The molecule has 1 aromatic rings. The molecule has 0 saturated carbocycles. The van der Waals surface area contributed by atoms with Crippen molar-refractivity contribution in [2.45, 2.75) is 62.5 Å². The van der Waals surface area contributed by atoms with Crippen LogP contribution in [0.5, 0.6) is 0 Å². The molecule has 1 N–H and O–H groups in total. The van der Waals surface area contributed by atoms with Crippen molar-refractivity contribution in [1.82, 2.24) is 4.31 Å². The van der Waals surface area contributed by atoms with Crippen molar-refractivity contribution in [2.75, 3.05) is 25.0 Å². The van der Waals surface area contributed by atoms with Crippen molar-refractivity contribution in [2.24, 2.45) is 0 Å². The second-order valence-electron chi connectivity index (χ2n) is 7.24. The number of nitro benzene ring substituents is 1. The number of benzene rings is 1. The molecule has 2 fully saturated rings. The highest BCUT2D eigenvalue weighted by molar-refractivity contribution is 7.89. The van der Waals surface area contributed by atoms with Gasteiger partial charge >= 0.3 is 0 Å². The first-order chi connectivity index (χ1) is 12.9. The molecule has 2 aliphatic heterocycles. The number of anilines is 1. The maximum Gasteiger partial charge on any atom is 0.293 e. The molecule has 0 bridgehead atoms. The molecule has 1 aromatic carbocycles. The van der Waals surface area contributed by atoms with Gasteiger partial charge in [-0.1, -0.05) is 12.8 Å². The van der Waals surface area contributed by atoms with Crippen molar-refractivity contribution >= 4 is 21.4 Å². The van der Waals surface area contributed by atoms with Gasteiger partial charge in [-0.05, 0) is 44.7 Å². The summed E-state index contributed by atoms with van der Waals surface area (Å²) >= 11 is 0. The van der Waals surface area contributed by atoms with Crippen LogP contribution < -0.4 is 5.32 Å². The van der Waals surface area contributed by atoms with Crippen molar-refractivity contribution in [3.63, 3.8) is 0 Å². The fraction of sp³-hybridized carbons (Fsp3) is 0.667. The second kappa shape index (κ2) is 8.53. The fourth-order valence-corrected chi connectivity index (χ4v) is 5.25. The molecule has 0 radical (unpaired) electrons. The zero-order chi connectivity index (χ0) is 19.4. The largest absolute Gasteiger partial charge is 0.376 e. The second-order valence-corrected chi connectivity index (χ2v) is 9.18. The summed E-state index contributed by atoms with van der Waals surface area (Å²) in [7, 11) is -3.73. The Morgan fingerprint density at radius 3 is 2.52 bits per heavy atom. The number of nitro groups is 1. The molecule has 0 amide bonds. The van der Waals surface area contributed by atoms with Gasteiger partial charge in [-0.3, -0.25) is 10.1 Å². The summed E-state index contributed by atoms with van der Waals surface area (Å²) in [5.74, 6) is 0. The maximum absolute atomic E-state index is 12.9. The summed E-state index contributed by atoms with van der Waals surface area (Å²) in [4.78, 5) is 11.0. The minimum absolute atomic E-state index is 0.00473. The summed E-state index contributed by atoms with van der Waals surface area (Å²) in [6, 6.07) is 4.02. The van der Waals surface area contributed by atoms with Gasteiger partial charge in [0.05, 0.1) is 15.9 Å². The highest BCUT2D eigenvalue weighted by atomic mass is 32.2. The first-order valence-corrected chi connectivity index (χ1v) is 11.0. The lowest BCUT2D eigenvalue weighted by Crippen LogP contribution is -2.32. The zero-order valence-electron chi connectivity index (χ0n) is 15.6. The molecule has 0 spiro atoms. The first kappa shape index (κ1) is 20.0. The molecule has 0 aliphatic carbocycles. The molecule has 2 atom stereocenters. The maximum atomic E-state index is 12.9. The van der Waals surface area contributed by atoms with Crippen molar-refractivity contribution < 1.29 is 18.1 Å². The van der Waals surface area contributed by atoms with E-state index in [9.17, 15) is 18.5 Å². The summed E-state index contributed by atoms with van der Waals surface area (Å²) in [6.45, 7) is 3.55. The molecule has 9 heteroatoms. The molecular formula is C18H27N3O5S. The molecule has 8 nitrogen and oxygen atoms in total. The van der Waals surface area contributed by atoms with Crippen molar-refractivity contribution in [3.8, 4) is 0 Å². The number of hydrogen-bond acceptors (Lipinski definition) is 6. The van der Waals surface area contributed by atoms with E-state index in [4.69, 9.17) is 4.74 Å². The van der Waals surface area contributed by atoms with E-state index in [0.29, 0.717) is 25.4 Å². The summed E-state index contributed by atoms with van der Waals surface area (Å²) in [5.41, 5.74) is 0.0913. The van der Waals surface area contributed by atoms with Crippen LogP contribution in [0.15, 0.2) is 23.1 Å². The SMILES string of the molecule is C[C@@H](Nc1ccc(S(=O)(=O)N2CCCCCC2)cc1[N+](=O)[O-])[C@H]1CCCO1. The molecule has 2 aliphatic rings. The number of nitrogens with one attached hydrogen (secondary N) is 1. The predicted molar refractivity (Wildman–Crippen MR) is 102 cm³/mol. The van der Waals surface area contributed by atoms with E-state index in [1.54, 1.807) is 0 Å². The Bertz CT molecular complexity index is 769. The van der Waals surface area contributed by atoms with Gasteiger partial charge in [0.15, 0.2) is 0 Å². The lowest BCUT2D eigenvalue weighted by Gasteiger charge is -2.22. The summed E-state index contributed by atoms with van der Waals surface area (Å²) in [6.07, 6.45) is 5.55. The van der Waals surface area contributed by atoms with Gasteiger partial charge in [0, 0.05) is 31.8 Å². The number of rotatable bonds is 6. The van der Waals surface area contributed by atoms with Crippen LogP contribution in [0.1, 0.15) is 45.4 Å². The number of sulfonamides is 1. The lowest BCUT2D eigenvalue weighted by molar-refractivity contribution is -0.384. The molecule has 2 heterocycles. The standard InChI is InChI=1S/C18H27N3O5S/c1-14(18-7-6-12-26-18)19-16-9-8-15(13-17(16)21(22)23)27(24,25)20-10-4-2-3-5-11-20/h8-9,13-14,18-19H,2-7,10-12H2,1H3/t14-,18-/m1/s1. The van der Waals surface area contributed by atoms with E-state index in [-0.39, 0.29) is 22.7 Å². The average Bonchev–Trinajstić information content (AvgIpc) is 3.03. The average molecular weight is 397 g/mol. The predicted octanol–water partition coefficient (Wildman–Crippen LogP) is 3.14. The van der Waals surface area contributed by atoms with Gasteiger partial charge in [-0.2, -0.15) is 4.31 Å². The van der Waals surface area contributed by atoms with Crippen molar-refractivity contribution in [1.29, 1.82) is 0 Å². The van der Waals surface area contributed by atoms with E-state index in [0.717, 1.165) is 38.5 Å². The van der Waals surface area contributed by atoms with Gasteiger partial charge in [0.1, 0.15) is 5.69 Å². The van der Waals surface area contributed by atoms with Gasteiger partial charge in [0.2, 0.25) is 10.0 Å². The van der Waals surface area contributed by atoms with Gasteiger partial charge < -0.3 is 10.1 Å². The third-order valence-corrected chi connectivity index (χ3v) is 7.17. The third kappa shape index (κ3) is 4.59. The van der Waals surface area contributed by atoms with E-state index >= 15 is 0 Å². The van der Waals surface area contributed by atoms with Crippen LogP contribution in [0.4, 0.5) is 11.4 Å². The lowest BCUT2D eigenvalue weighted by atomic mass is 10.1. The van der Waals surface area contributed by atoms with E-state index < -0.39 is 14.9 Å². The van der Waals surface area contributed by atoms with Gasteiger partial charge in [-0.25, -0.2) is 8.42 Å². The smallest absolute Gasteiger partial charge is 0.293 e. The minimum atomic E-state index is -3.73. The highest BCUT2D eigenvalue weighted by Gasteiger charge is 2.29. The Hall–Kier alpha value is -1.71. The molecular weight excluding hydrogens is 370 g/mol. The monoisotopic (exact) mass is 397 g/mol.